The van der Waals surface area contributed by atoms with Gasteiger partial charge in [0, 0.05) is 5.41 Å². The molecule has 78 valence electrons. The van der Waals surface area contributed by atoms with Gasteiger partial charge in [-0.05, 0) is 38.0 Å². The van der Waals surface area contributed by atoms with Crippen molar-refractivity contribution in [1.29, 1.82) is 0 Å². The third-order valence-corrected chi connectivity index (χ3v) is 4.79. The summed E-state index contributed by atoms with van der Waals surface area (Å²) in [6, 6.07) is 0. The second-order valence-corrected chi connectivity index (χ2v) is 5.26. The van der Waals surface area contributed by atoms with Gasteiger partial charge >= 0.3 is 5.97 Å². The quantitative estimate of drug-likeness (QED) is 0.674. The minimum Gasteiger partial charge on any atom is -0.465 e. The third-order valence-electron chi connectivity index (χ3n) is 4.79. The molecule has 0 aromatic carbocycles. The zero-order chi connectivity index (χ0) is 10.0. The van der Waals surface area contributed by atoms with Crippen molar-refractivity contribution in [2.24, 2.45) is 16.6 Å². The summed E-state index contributed by atoms with van der Waals surface area (Å²) in [5, 5.41) is 0. The van der Waals surface area contributed by atoms with Crippen LogP contribution in [0.2, 0.25) is 0 Å². The summed E-state index contributed by atoms with van der Waals surface area (Å²) < 4.78 is 5.04. The molecule has 0 aliphatic heterocycles. The molecule has 2 spiro atoms. The molecule has 0 bridgehead atoms. The van der Waals surface area contributed by atoms with Crippen LogP contribution in [0, 0.1) is 10.8 Å². The third kappa shape index (κ3) is 0.691. The average Bonchev–Trinajstić information content (AvgIpc) is 2.90. The van der Waals surface area contributed by atoms with Gasteiger partial charge in [0.25, 0.3) is 0 Å². The zero-order valence-electron chi connectivity index (χ0n) is 8.64. The molecule has 3 fully saturated rings. The first-order valence-electron chi connectivity index (χ1n) is 5.56. The van der Waals surface area contributed by atoms with Gasteiger partial charge in [-0.1, -0.05) is 6.42 Å². The molecule has 0 amide bonds. The Hall–Kier alpha value is -0.570. The van der Waals surface area contributed by atoms with E-state index in [-0.39, 0.29) is 11.4 Å². The minimum atomic E-state index is -0.608. The summed E-state index contributed by atoms with van der Waals surface area (Å²) in [6.45, 7) is 2.28. The van der Waals surface area contributed by atoms with Crippen LogP contribution in [0.25, 0.3) is 0 Å². The van der Waals surface area contributed by atoms with Crippen LogP contribution in [0.15, 0.2) is 0 Å². The van der Waals surface area contributed by atoms with Crippen LogP contribution in [0.4, 0.5) is 0 Å². The van der Waals surface area contributed by atoms with Gasteiger partial charge in [-0.3, -0.25) is 4.79 Å². The number of rotatable bonds is 2. The summed E-state index contributed by atoms with van der Waals surface area (Å²) >= 11 is 0. The zero-order valence-corrected chi connectivity index (χ0v) is 8.64. The highest BCUT2D eigenvalue weighted by Crippen LogP contribution is 2.88. The molecule has 0 aromatic heterocycles. The van der Waals surface area contributed by atoms with E-state index in [0.29, 0.717) is 12.0 Å². The van der Waals surface area contributed by atoms with E-state index >= 15 is 0 Å². The Kier molecular flexibility index (Phi) is 1.34. The predicted molar refractivity (Wildman–Crippen MR) is 51.5 cm³/mol. The summed E-state index contributed by atoms with van der Waals surface area (Å²) in [5.74, 6) is -0.163. The van der Waals surface area contributed by atoms with Crippen molar-refractivity contribution >= 4 is 5.97 Å². The van der Waals surface area contributed by atoms with Gasteiger partial charge in [-0.15, -0.1) is 0 Å². The van der Waals surface area contributed by atoms with Crippen LogP contribution in [-0.2, 0) is 9.53 Å². The molecule has 2 atom stereocenters. The van der Waals surface area contributed by atoms with Crippen LogP contribution in [0.1, 0.15) is 39.0 Å². The molecule has 3 saturated carbocycles. The predicted octanol–water partition coefficient (Wildman–Crippen LogP) is 1.21. The molecule has 0 aromatic rings. The van der Waals surface area contributed by atoms with Crippen LogP contribution in [0.3, 0.4) is 0 Å². The van der Waals surface area contributed by atoms with Gasteiger partial charge < -0.3 is 10.5 Å². The summed E-state index contributed by atoms with van der Waals surface area (Å²) in [4.78, 5) is 11.7. The first kappa shape index (κ1) is 8.72. The van der Waals surface area contributed by atoms with Crippen molar-refractivity contribution in [2.45, 2.75) is 44.6 Å². The highest BCUT2D eigenvalue weighted by molar-refractivity contribution is 5.88. The lowest BCUT2D eigenvalue weighted by Gasteiger charge is -2.27. The van der Waals surface area contributed by atoms with E-state index < -0.39 is 5.54 Å². The van der Waals surface area contributed by atoms with E-state index in [9.17, 15) is 4.79 Å². The van der Waals surface area contributed by atoms with Gasteiger partial charge in [0.2, 0.25) is 0 Å². The lowest BCUT2D eigenvalue weighted by Crippen LogP contribution is -2.39. The Balaban J connectivity index is 1.75. The van der Waals surface area contributed by atoms with Crippen molar-refractivity contribution < 1.29 is 9.53 Å². The normalized spacial score (nSPS) is 46.1. The molecule has 14 heavy (non-hydrogen) atoms. The Morgan fingerprint density at radius 3 is 2.57 bits per heavy atom. The molecule has 0 saturated heterocycles. The number of ether oxygens (including phenoxy) is 1. The second-order valence-electron chi connectivity index (χ2n) is 5.26. The van der Waals surface area contributed by atoms with Gasteiger partial charge in [0.05, 0.1) is 6.61 Å². The molecule has 0 radical (unpaired) electrons. The number of hydrogen-bond donors (Lipinski definition) is 1. The number of hydrogen-bond acceptors (Lipinski definition) is 3. The summed E-state index contributed by atoms with van der Waals surface area (Å²) in [5.41, 5.74) is 6.16. The molecule has 3 aliphatic carbocycles. The Morgan fingerprint density at radius 2 is 2.14 bits per heavy atom. The van der Waals surface area contributed by atoms with Crippen molar-refractivity contribution in [3.8, 4) is 0 Å². The van der Waals surface area contributed by atoms with Gasteiger partial charge in [0.15, 0.2) is 0 Å². The second kappa shape index (κ2) is 2.16. The molecule has 3 aliphatic rings. The van der Waals surface area contributed by atoms with Gasteiger partial charge in [-0.2, -0.15) is 0 Å². The molecule has 2 N–H and O–H groups in total. The number of carbonyl (C=O) groups excluding carboxylic acids is 1. The molecular weight excluding hydrogens is 178 g/mol. The number of nitrogens with two attached hydrogens (primary N) is 1. The fourth-order valence-electron chi connectivity index (χ4n) is 3.63. The van der Waals surface area contributed by atoms with Crippen molar-refractivity contribution in [2.75, 3.05) is 6.61 Å². The highest BCUT2D eigenvalue weighted by Gasteiger charge is 2.89. The molecule has 2 unspecified atom stereocenters. The van der Waals surface area contributed by atoms with Crippen LogP contribution >= 0.6 is 0 Å². The first-order chi connectivity index (χ1) is 6.60. The largest absolute Gasteiger partial charge is 0.465 e. The van der Waals surface area contributed by atoms with E-state index in [1.807, 2.05) is 6.92 Å². The minimum absolute atomic E-state index is 0.163. The topological polar surface area (TPSA) is 52.3 Å². The molecule has 3 rings (SSSR count). The number of fused-ring (bicyclic) bond motifs is 1. The fourth-order valence-corrected chi connectivity index (χ4v) is 3.63. The Labute approximate surface area is 84.0 Å². The van der Waals surface area contributed by atoms with Crippen molar-refractivity contribution in [3.05, 3.63) is 0 Å². The van der Waals surface area contributed by atoms with E-state index in [1.54, 1.807) is 0 Å². The number of esters is 1. The Morgan fingerprint density at radius 1 is 1.43 bits per heavy atom. The summed E-state index contributed by atoms with van der Waals surface area (Å²) in [7, 11) is 0. The fraction of sp³-hybridized carbons (Fsp3) is 0.909. The monoisotopic (exact) mass is 195 g/mol. The van der Waals surface area contributed by atoms with Crippen LogP contribution < -0.4 is 5.73 Å². The molecule has 3 heteroatoms. The molecular formula is C11H17NO2. The lowest BCUT2D eigenvalue weighted by atomic mass is 9.78. The van der Waals surface area contributed by atoms with E-state index in [4.69, 9.17) is 10.5 Å². The maximum atomic E-state index is 11.7. The van der Waals surface area contributed by atoms with Crippen LogP contribution in [0.5, 0.6) is 0 Å². The summed E-state index contributed by atoms with van der Waals surface area (Å²) in [6.07, 6.45) is 5.94. The lowest BCUT2D eigenvalue weighted by molar-refractivity contribution is -0.146. The number of carbonyl (C=O) groups is 1. The molecule has 0 heterocycles. The first-order valence-corrected chi connectivity index (χ1v) is 5.56. The maximum Gasteiger partial charge on any atom is 0.326 e. The SMILES string of the molecule is CCOC(=O)C1(N)CC12CC21CCC1. The maximum absolute atomic E-state index is 11.7. The van der Waals surface area contributed by atoms with E-state index in [2.05, 4.69) is 0 Å². The smallest absolute Gasteiger partial charge is 0.326 e. The highest BCUT2D eigenvalue weighted by atomic mass is 16.5. The van der Waals surface area contributed by atoms with E-state index in [1.165, 1.54) is 25.7 Å². The van der Waals surface area contributed by atoms with Crippen molar-refractivity contribution in [1.82, 2.24) is 0 Å². The van der Waals surface area contributed by atoms with E-state index in [0.717, 1.165) is 6.42 Å². The van der Waals surface area contributed by atoms with Gasteiger partial charge in [0.1, 0.15) is 5.54 Å². The van der Waals surface area contributed by atoms with Gasteiger partial charge in [-0.25, -0.2) is 0 Å². The average molecular weight is 195 g/mol. The van der Waals surface area contributed by atoms with Crippen molar-refractivity contribution in [3.63, 3.8) is 0 Å². The Bertz CT molecular complexity index is 310. The van der Waals surface area contributed by atoms with Crippen LogP contribution in [-0.4, -0.2) is 18.1 Å². The molecule has 3 nitrogen and oxygen atoms in total. The standard InChI is InChI=1S/C11H17NO2/c1-2-14-8(13)11(12)7-10(11)6-9(10)4-3-5-9/h2-7,12H2,1H3.